The first kappa shape index (κ1) is 23.8. The van der Waals surface area contributed by atoms with Crippen molar-refractivity contribution in [2.24, 2.45) is 0 Å². The minimum absolute atomic E-state index is 0.0336. The molecule has 0 bridgehead atoms. The first-order valence-electron chi connectivity index (χ1n) is 10.1. The van der Waals surface area contributed by atoms with Gasteiger partial charge >= 0.3 is 0 Å². The highest BCUT2D eigenvalue weighted by Crippen LogP contribution is 2.27. The molecule has 0 spiro atoms. The van der Waals surface area contributed by atoms with E-state index < -0.39 is 5.91 Å². The maximum atomic E-state index is 12.5. The summed E-state index contributed by atoms with van der Waals surface area (Å²) in [6, 6.07) is 21.8. The molecule has 2 N–H and O–H groups in total. The van der Waals surface area contributed by atoms with Crippen LogP contribution in [-0.2, 0) is 9.59 Å². The summed E-state index contributed by atoms with van der Waals surface area (Å²) in [5.41, 5.74) is 3.98. The quantitative estimate of drug-likeness (QED) is 0.322. The van der Waals surface area contributed by atoms with Crippen molar-refractivity contribution in [3.8, 4) is 11.8 Å². The molecule has 0 aromatic heterocycles. The van der Waals surface area contributed by atoms with Gasteiger partial charge in [0.05, 0.1) is 4.47 Å². The molecule has 0 aliphatic rings. The van der Waals surface area contributed by atoms with Crippen LogP contribution in [0.5, 0.6) is 5.75 Å². The Morgan fingerprint density at radius 1 is 1.03 bits per heavy atom. The number of carbonyl (C=O) groups is 2. The number of ether oxygens (including phenoxy) is 1. The number of nitriles is 1. The number of hydrogen-bond acceptors (Lipinski definition) is 4. The third-order valence-electron chi connectivity index (χ3n) is 4.72. The van der Waals surface area contributed by atoms with Crippen molar-refractivity contribution < 1.29 is 14.3 Å². The van der Waals surface area contributed by atoms with Crippen molar-refractivity contribution in [1.82, 2.24) is 0 Å². The summed E-state index contributed by atoms with van der Waals surface area (Å²) < 4.78 is 6.20. The van der Waals surface area contributed by atoms with Crippen LogP contribution < -0.4 is 15.4 Å². The Morgan fingerprint density at radius 3 is 2.42 bits per heavy atom. The molecule has 3 aromatic rings. The van der Waals surface area contributed by atoms with Crippen LogP contribution in [0.4, 0.5) is 11.4 Å². The van der Waals surface area contributed by atoms with Gasteiger partial charge in [-0.25, -0.2) is 0 Å². The summed E-state index contributed by atoms with van der Waals surface area (Å²) in [5, 5.41) is 15.0. The van der Waals surface area contributed by atoms with Gasteiger partial charge in [0.2, 0.25) is 0 Å². The second kappa shape index (κ2) is 11.1. The van der Waals surface area contributed by atoms with E-state index >= 15 is 0 Å². The number of rotatable bonds is 7. The monoisotopic (exact) mass is 503 g/mol. The molecule has 166 valence electrons. The predicted molar refractivity (Wildman–Crippen MR) is 133 cm³/mol. The molecule has 0 saturated heterocycles. The highest BCUT2D eigenvalue weighted by molar-refractivity contribution is 9.10. The fourth-order valence-electron chi connectivity index (χ4n) is 2.92. The number of aryl methyl sites for hydroxylation is 2. The third-order valence-corrected chi connectivity index (χ3v) is 5.34. The highest BCUT2D eigenvalue weighted by atomic mass is 79.9. The number of hydrogen-bond donors (Lipinski definition) is 2. The smallest absolute Gasteiger partial charge is 0.266 e. The Balaban J connectivity index is 1.63. The maximum Gasteiger partial charge on any atom is 0.266 e. The van der Waals surface area contributed by atoms with Crippen molar-refractivity contribution in [3.05, 3.63) is 93.5 Å². The highest BCUT2D eigenvalue weighted by Gasteiger charge is 2.11. The summed E-state index contributed by atoms with van der Waals surface area (Å²) in [4.78, 5) is 24.7. The molecule has 3 aromatic carbocycles. The Bertz CT molecular complexity index is 1240. The van der Waals surface area contributed by atoms with E-state index in [1.807, 2.05) is 56.3 Å². The summed E-state index contributed by atoms with van der Waals surface area (Å²) in [7, 11) is 0. The first-order chi connectivity index (χ1) is 15.9. The van der Waals surface area contributed by atoms with E-state index in [9.17, 15) is 14.9 Å². The van der Waals surface area contributed by atoms with E-state index in [2.05, 4.69) is 26.6 Å². The van der Waals surface area contributed by atoms with E-state index in [-0.39, 0.29) is 18.1 Å². The van der Waals surface area contributed by atoms with Crippen molar-refractivity contribution in [3.63, 3.8) is 0 Å². The average Bonchev–Trinajstić information content (AvgIpc) is 2.80. The van der Waals surface area contributed by atoms with Gasteiger partial charge in [-0.15, -0.1) is 0 Å². The lowest BCUT2D eigenvalue weighted by Gasteiger charge is -2.11. The molecule has 0 aliphatic carbocycles. The lowest BCUT2D eigenvalue weighted by molar-refractivity contribution is -0.118. The largest absolute Gasteiger partial charge is 0.483 e. The van der Waals surface area contributed by atoms with Crippen LogP contribution in [0.25, 0.3) is 6.08 Å². The van der Waals surface area contributed by atoms with Crippen LogP contribution in [0.3, 0.4) is 0 Å². The second-order valence-electron chi connectivity index (χ2n) is 7.33. The van der Waals surface area contributed by atoms with E-state index in [1.54, 1.807) is 30.3 Å². The van der Waals surface area contributed by atoms with Crippen molar-refractivity contribution >= 4 is 45.2 Å². The van der Waals surface area contributed by atoms with Gasteiger partial charge in [-0.3, -0.25) is 9.59 Å². The SMILES string of the molecule is Cc1ccc(NC(=O)/C(C#N)=C\c2ccc(OCC(=O)Nc3ccccc3C)c(Br)c2)cc1. The molecular weight excluding hydrogens is 482 g/mol. The van der Waals surface area contributed by atoms with Crippen molar-refractivity contribution in [2.75, 3.05) is 17.2 Å². The lowest BCUT2D eigenvalue weighted by Crippen LogP contribution is -2.20. The van der Waals surface area contributed by atoms with Gasteiger partial charge in [-0.2, -0.15) is 5.26 Å². The molecule has 0 radical (unpaired) electrons. The van der Waals surface area contributed by atoms with Gasteiger partial charge < -0.3 is 15.4 Å². The fraction of sp³-hybridized carbons (Fsp3) is 0.115. The van der Waals surface area contributed by atoms with Gasteiger partial charge in [-0.1, -0.05) is 42.0 Å². The average molecular weight is 504 g/mol. The topological polar surface area (TPSA) is 91.2 Å². The van der Waals surface area contributed by atoms with Crippen LogP contribution in [-0.4, -0.2) is 18.4 Å². The number of nitrogens with zero attached hydrogens (tertiary/aromatic N) is 1. The summed E-state index contributed by atoms with van der Waals surface area (Å²) in [5.74, 6) is -0.305. The van der Waals surface area contributed by atoms with Gasteiger partial charge in [0.15, 0.2) is 6.61 Å². The van der Waals surface area contributed by atoms with Gasteiger partial charge in [0, 0.05) is 11.4 Å². The molecular formula is C26H22BrN3O3. The number of para-hydroxylation sites is 1. The number of nitrogens with one attached hydrogen (secondary N) is 2. The third kappa shape index (κ3) is 6.79. The molecule has 0 atom stereocenters. The van der Waals surface area contributed by atoms with Crippen LogP contribution in [0, 0.1) is 25.2 Å². The Labute approximate surface area is 201 Å². The van der Waals surface area contributed by atoms with Crippen molar-refractivity contribution in [2.45, 2.75) is 13.8 Å². The van der Waals surface area contributed by atoms with Crippen molar-refractivity contribution in [1.29, 1.82) is 5.26 Å². The molecule has 0 aliphatic heterocycles. The zero-order valence-corrected chi connectivity index (χ0v) is 19.8. The van der Waals surface area contributed by atoms with E-state index in [0.29, 0.717) is 21.5 Å². The predicted octanol–water partition coefficient (Wildman–Crippen LogP) is 5.63. The van der Waals surface area contributed by atoms with Crippen LogP contribution in [0.1, 0.15) is 16.7 Å². The number of benzene rings is 3. The number of halogens is 1. The zero-order chi connectivity index (χ0) is 23.8. The summed E-state index contributed by atoms with van der Waals surface area (Å²) >= 11 is 3.42. The van der Waals surface area contributed by atoms with Gasteiger partial charge in [0.25, 0.3) is 11.8 Å². The van der Waals surface area contributed by atoms with E-state index in [4.69, 9.17) is 4.74 Å². The molecule has 33 heavy (non-hydrogen) atoms. The minimum Gasteiger partial charge on any atom is -0.483 e. The lowest BCUT2D eigenvalue weighted by atomic mass is 10.1. The van der Waals surface area contributed by atoms with Crippen LogP contribution in [0.2, 0.25) is 0 Å². The number of carbonyl (C=O) groups excluding carboxylic acids is 2. The van der Waals surface area contributed by atoms with E-state index in [1.165, 1.54) is 6.08 Å². The molecule has 7 heteroatoms. The molecule has 6 nitrogen and oxygen atoms in total. The normalized spacial score (nSPS) is 10.8. The Hall–Kier alpha value is -3.89. The molecule has 3 rings (SSSR count). The zero-order valence-electron chi connectivity index (χ0n) is 18.2. The van der Waals surface area contributed by atoms with E-state index in [0.717, 1.165) is 16.8 Å². The number of anilines is 2. The minimum atomic E-state index is -0.495. The molecule has 0 unspecified atom stereocenters. The van der Waals surface area contributed by atoms with Gasteiger partial charge in [-0.05, 0) is 77.3 Å². The standard InChI is InChI=1S/C26H22BrN3O3/c1-17-7-10-21(11-8-17)29-26(32)20(15-28)13-19-9-12-24(22(27)14-19)33-16-25(31)30-23-6-4-3-5-18(23)2/h3-14H,16H2,1-2H3,(H,29,32)(H,30,31)/b20-13-. The van der Waals surface area contributed by atoms with Crippen LogP contribution >= 0.6 is 15.9 Å². The number of amides is 2. The molecule has 2 amide bonds. The first-order valence-corrected chi connectivity index (χ1v) is 10.9. The molecule has 0 fully saturated rings. The second-order valence-corrected chi connectivity index (χ2v) is 8.19. The van der Waals surface area contributed by atoms with Crippen LogP contribution in [0.15, 0.2) is 76.8 Å². The molecule has 0 heterocycles. The van der Waals surface area contributed by atoms with Gasteiger partial charge in [0.1, 0.15) is 17.4 Å². The fourth-order valence-corrected chi connectivity index (χ4v) is 3.43. The molecule has 0 saturated carbocycles. The summed E-state index contributed by atoms with van der Waals surface area (Å²) in [6.07, 6.45) is 1.49. The Morgan fingerprint density at radius 2 is 1.76 bits per heavy atom. The summed E-state index contributed by atoms with van der Waals surface area (Å²) in [6.45, 7) is 3.70. The Kier molecular flexibility index (Phi) is 8.01. The maximum absolute atomic E-state index is 12.5.